The highest BCUT2D eigenvalue weighted by molar-refractivity contribution is 4.98. The fraction of sp³-hybridized carbons (Fsp3) is 0.667. The van der Waals surface area contributed by atoms with Gasteiger partial charge in [0.15, 0.2) is 0 Å². The Balaban J connectivity index is 2.52. The highest BCUT2D eigenvalue weighted by atomic mass is 16.3. The van der Waals surface area contributed by atoms with Crippen LogP contribution < -0.4 is 5.32 Å². The van der Waals surface area contributed by atoms with Gasteiger partial charge in [0.25, 0.3) is 0 Å². The van der Waals surface area contributed by atoms with Gasteiger partial charge in [0.05, 0.1) is 12.8 Å². The summed E-state index contributed by atoms with van der Waals surface area (Å²) in [4.78, 5) is 2.33. The van der Waals surface area contributed by atoms with Crippen molar-refractivity contribution in [1.82, 2.24) is 10.2 Å². The van der Waals surface area contributed by atoms with Crippen LogP contribution in [0.15, 0.2) is 22.8 Å². The second kappa shape index (κ2) is 5.93. The smallest absolute Gasteiger partial charge is 0.117 e. The third-order valence-corrected chi connectivity index (χ3v) is 2.73. The maximum absolute atomic E-state index is 5.35. The van der Waals surface area contributed by atoms with Crippen LogP contribution in [0.5, 0.6) is 0 Å². The predicted molar refractivity (Wildman–Crippen MR) is 62.7 cm³/mol. The van der Waals surface area contributed by atoms with Crippen LogP contribution in [0, 0.1) is 5.92 Å². The molecule has 0 radical (unpaired) electrons. The molecule has 0 aliphatic carbocycles. The van der Waals surface area contributed by atoms with Crippen LogP contribution in [0.2, 0.25) is 0 Å². The van der Waals surface area contributed by atoms with Crippen molar-refractivity contribution >= 4 is 0 Å². The number of likely N-dealkylation sites (N-methyl/N-ethyl adjacent to an activating group) is 2. The molecule has 1 aromatic heterocycles. The van der Waals surface area contributed by atoms with Gasteiger partial charge in [0.1, 0.15) is 5.76 Å². The van der Waals surface area contributed by atoms with E-state index in [-0.39, 0.29) is 0 Å². The average molecular weight is 210 g/mol. The van der Waals surface area contributed by atoms with Crippen LogP contribution >= 0.6 is 0 Å². The van der Waals surface area contributed by atoms with Crippen LogP contribution in [0.4, 0.5) is 0 Å². The Bertz CT molecular complexity index is 257. The van der Waals surface area contributed by atoms with Crippen molar-refractivity contribution in [2.24, 2.45) is 5.92 Å². The zero-order valence-corrected chi connectivity index (χ0v) is 10.2. The summed E-state index contributed by atoms with van der Waals surface area (Å²) < 4.78 is 5.35. The lowest BCUT2D eigenvalue weighted by molar-refractivity contribution is 0.170. The van der Waals surface area contributed by atoms with E-state index < -0.39 is 0 Å². The van der Waals surface area contributed by atoms with Gasteiger partial charge < -0.3 is 9.73 Å². The van der Waals surface area contributed by atoms with Gasteiger partial charge in [-0.1, -0.05) is 13.8 Å². The van der Waals surface area contributed by atoms with Crippen molar-refractivity contribution < 1.29 is 4.42 Å². The standard InChI is InChI=1S/C12H22N2O/c1-10(2)12(8-13-3)14(4)9-11-6-5-7-15-11/h5-7,10,12-13H,8-9H2,1-4H3. The molecule has 1 unspecified atom stereocenters. The first-order chi connectivity index (χ1) is 7.15. The molecule has 0 fully saturated rings. The Kier molecular flexibility index (Phi) is 4.85. The van der Waals surface area contributed by atoms with Crippen LogP contribution in [-0.2, 0) is 6.54 Å². The number of rotatable bonds is 6. The summed E-state index contributed by atoms with van der Waals surface area (Å²) >= 11 is 0. The molecule has 1 aromatic rings. The van der Waals surface area contributed by atoms with Crippen molar-refractivity contribution in [3.05, 3.63) is 24.2 Å². The largest absolute Gasteiger partial charge is 0.468 e. The summed E-state index contributed by atoms with van der Waals surface area (Å²) in [7, 11) is 4.14. The fourth-order valence-electron chi connectivity index (χ4n) is 1.88. The number of furan rings is 1. The predicted octanol–water partition coefficient (Wildman–Crippen LogP) is 1.96. The molecule has 0 aliphatic heterocycles. The van der Waals surface area contributed by atoms with Gasteiger partial charge in [-0.05, 0) is 32.1 Å². The van der Waals surface area contributed by atoms with E-state index in [2.05, 4.69) is 31.1 Å². The first-order valence-electron chi connectivity index (χ1n) is 5.52. The van der Waals surface area contributed by atoms with Crippen molar-refractivity contribution in [3.8, 4) is 0 Å². The van der Waals surface area contributed by atoms with E-state index in [4.69, 9.17) is 4.42 Å². The van der Waals surface area contributed by atoms with Crippen LogP contribution in [0.1, 0.15) is 19.6 Å². The Morgan fingerprint density at radius 3 is 2.67 bits per heavy atom. The second-order valence-corrected chi connectivity index (χ2v) is 4.36. The summed E-state index contributed by atoms with van der Waals surface area (Å²) in [6.07, 6.45) is 1.73. The molecule has 0 bridgehead atoms. The van der Waals surface area contributed by atoms with Crippen molar-refractivity contribution in [1.29, 1.82) is 0 Å². The molecule has 3 nitrogen and oxygen atoms in total. The van der Waals surface area contributed by atoms with Crippen molar-refractivity contribution in [2.45, 2.75) is 26.4 Å². The van der Waals surface area contributed by atoms with E-state index >= 15 is 0 Å². The summed E-state index contributed by atoms with van der Waals surface area (Å²) in [6.45, 7) is 6.38. The first kappa shape index (κ1) is 12.3. The highest BCUT2D eigenvalue weighted by Gasteiger charge is 2.18. The van der Waals surface area contributed by atoms with E-state index in [1.807, 2.05) is 19.2 Å². The van der Waals surface area contributed by atoms with Crippen LogP contribution in [-0.4, -0.2) is 31.6 Å². The van der Waals surface area contributed by atoms with Gasteiger partial charge in [-0.15, -0.1) is 0 Å². The van der Waals surface area contributed by atoms with Crippen molar-refractivity contribution in [2.75, 3.05) is 20.6 Å². The first-order valence-corrected chi connectivity index (χ1v) is 5.52. The fourth-order valence-corrected chi connectivity index (χ4v) is 1.88. The summed E-state index contributed by atoms with van der Waals surface area (Å²) in [5, 5.41) is 3.24. The van der Waals surface area contributed by atoms with Gasteiger partial charge in [0, 0.05) is 12.6 Å². The van der Waals surface area contributed by atoms with E-state index in [0.717, 1.165) is 18.8 Å². The lowest BCUT2D eigenvalue weighted by Gasteiger charge is -2.30. The third-order valence-electron chi connectivity index (χ3n) is 2.73. The number of nitrogens with one attached hydrogen (secondary N) is 1. The van der Waals surface area contributed by atoms with Gasteiger partial charge in [0.2, 0.25) is 0 Å². The maximum atomic E-state index is 5.35. The van der Waals surface area contributed by atoms with Gasteiger partial charge in [-0.3, -0.25) is 4.90 Å². The van der Waals surface area contributed by atoms with Gasteiger partial charge >= 0.3 is 0 Å². The molecule has 3 heteroatoms. The van der Waals surface area contributed by atoms with Crippen LogP contribution in [0.3, 0.4) is 0 Å². The molecule has 0 aliphatic rings. The Morgan fingerprint density at radius 1 is 1.47 bits per heavy atom. The second-order valence-electron chi connectivity index (χ2n) is 4.36. The molecule has 0 aromatic carbocycles. The highest BCUT2D eigenvalue weighted by Crippen LogP contribution is 2.12. The van der Waals surface area contributed by atoms with E-state index in [1.165, 1.54) is 0 Å². The van der Waals surface area contributed by atoms with Crippen LogP contribution in [0.25, 0.3) is 0 Å². The molecule has 86 valence electrons. The van der Waals surface area contributed by atoms with E-state index in [1.54, 1.807) is 6.26 Å². The Morgan fingerprint density at radius 2 is 2.20 bits per heavy atom. The summed E-state index contributed by atoms with van der Waals surface area (Å²) in [6, 6.07) is 4.50. The molecule has 0 amide bonds. The average Bonchev–Trinajstić information content (AvgIpc) is 2.65. The molecule has 0 spiro atoms. The van der Waals surface area contributed by atoms with E-state index in [0.29, 0.717) is 12.0 Å². The lowest BCUT2D eigenvalue weighted by Crippen LogP contribution is -2.42. The Labute approximate surface area is 92.5 Å². The minimum Gasteiger partial charge on any atom is -0.468 e. The Hall–Kier alpha value is -0.800. The minimum absolute atomic E-state index is 0.542. The monoisotopic (exact) mass is 210 g/mol. The van der Waals surface area contributed by atoms with E-state index in [9.17, 15) is 0 Å². The topological polar surface area (TPSA) is 28.4 Å². The number of hydrogen-bond acceptors (Lipinski definition) is 3. The molecular formula is C12H22N2O. The molecule has 0 saturated heterocycles. The summed E-state index contributed by atoms with van der Waals surface area (Å²) in [5.74, 6) is 1.66. The number of hydrogen-bond donors (Lipinski definition) is 1. The molecule has 15 heavy (non-hydrogen) atoms. The SMILES string of the molecule is CNCC(C(C)C)N(C)Cc1ccco1. The molecule has 1 atom stereocenters. The van der Waals surface area contributed by atoms with Gasteiger partial charge in [-0.2, -0.15) is 0 Å². The third kappa shape index (κ3) is 3.68. The molecule has 1 rings (SSSR count). The molecule has 1 N–H and O–H groups in total. The molecular weight excluding hydrogens is 188 g/mol. The lowest BCUT2D eigenvalue weighted by atomic mass is 10.0. The van der Waals surface area contributed by atoms with Gasteiger partial charge in [-0.25, -0.2) is 0 Å². The zero-order chi connectivity index (χ0) is 11.3. The maximum Gasteiger partial charge on any atom is 0.117 e. The quantitative estimate of drug-likeness (QED) is 0.778. The number of nitrogens with zero attached hydrogens (tertiary/aromatic N) is 1. The summed E-state index contributed by atoms with van der Waals surface area (Å²) in [5.41, 5.74) is 0. The minimum atomic E-state index is 0.542. The zero-order valence-electron chi connectivity index (χ0n) is 10.2. The molecule has 0 saturated carbocycles. The van der Waals surface area contributed by atoms with Crippen molar-refractivity contribution in [3.63, 3.8) is 0 Å². The normalized spacial score (nSPS) is 13.7. The molecule has 1 heterocycles.